The number of nitrogen functional groups attached to an aromatic ring is 1. The number of para-hydroxylation sites is 1. The molecule has 3 aromatic rings. The number of benzene rings is 2. The van der Waals surface area contributed by atoms with Gasteiger partial charge < -0.3 is 10.3 Å². The van der Waals surface area contributed by atoms with Crippen molar-refractivity contribution < 1.29 is 4.52 Å². The molecule has 1 heterocycles. The van der Waals surface area contributed by atoms with E-state index in [1.54, 1.807) is 11.8 Å². The lowest BCUT2D eigenvalue weighted by atomic mass is 10.1. The van der Waals surface area contributed by atoms with Crippen LogP contribution < -0.4 is 5.73 Å². The average Bonchev–Trinajstić information content (AvgIpc) is 3.00. The van der Waals surface area contributed by atoms with Crippen LogP contribution in [0.5, 0.6) is 0 Å². The Bertz CT molecular complexity index is 765. The zero-order chi connectivity index (χ0) is 14.8. The molecule has 0 unspecified atom stereocenters. The van der Waals surface area contributed by atoms with Crippen molar-refractivity contribution in [3.05, 3.63) is 48.0 Å². The lowest BCUT2D eigenvalue weighted by Crippen LogP contribution is -1.93. The highest BCUT2D eigenvalue weighted by molar-refractivity contribution is 7.98. The topological polar surface area (TPSA) is 64.9 Å². The Morgan fingerprint density at radius 3 is 2.57 bits per heavy atom. The molecule has 1 aromatic heterocycles. The van der Waals surface area contributed by atoms with E-state index in [2.05, 4.69) is 10.1 Å². The zero-order valence-corrected chi connectivity index (χ0v) is 12.6. The summed E-state index contributed by atoms with van der Waals surface area (Å²) in [6.07, 6.45) is 2.04. The Labute approximate surface area is 127 Å². The van der Waals surface area contributed by atoms with Crippen LogP contribution in [0.3, 0.4) is 0 Å². The van der Waals surface area contributed by atoms with Crippen molar-refractivity contribution in [2.45, 2.75) is 11.8 Å². The first-order valence-corrected chi connectivity index (χ1v) is 7.75. The molecule has 4 nitrogen and oxygen atoms in total. The number of rotatable bonds is 3. The van der Waals surface area contributed by atoms with Gasteiger partial charge >= 0.3 is 0 Å². The molecular weight excluding hydrogens is 282 g/mol. The molecule has 0 amide bonds. The quantitative estimate of drug-likeness (QED) is 0.584. The number of thioether (sulfide) groups is 1. The maximum Gasteiger partial charge on any atom is 0.260 e. The second-order valence-electron chi connectivity index (χ2n) is 4.69. The first-order chi connectivity index (χ1) is 10.2. The fraction of sp³-hybridized carbons (Fsp3) is 0.125. The smallest absolute Gasteiger partial charge is 0.260 e. The standard InChI is InChI=1S/C16H15N3OS/c1-10-4-3-5-13(14(10)17)16-18-15(19-20-16)11-6-8-12(21-2)9-7-11/h3-9H,17H2,1-2H3. The van der Waals surface area contributed by atoms with E-state index >= 15 is 0 Å². The molecule has 0 spiro atoms. The third-order valence-corrected chi connectivity index (χ3v) is 4.07. The van der Waals surface area contributed by atoms with Gasteiger partial charge in [0.2, 0.25) is 5.82 Å². The van der Waals surface area contributed by atoms with E-state index in [1.165, 1.54) is 4.90 Å². The summed E-state index contributed by atoms with van der Waals surface area (Å²) in [5.74, 6) is 1.01. The number of hydrogen-bond donors (Lipinski definition) is 1. The summed E-state index contributed by atoms with van der Waals surface area (Å²) in [7, 11) is 0. The van der Waals surface area contributed by atoms with Gasteiger partial charge in [-0.25, -0.2) is 0 Å². The molecule has 0 atom stereocenters. The first-order valence-electron chi connectivity index (χ1n) is 6.52. The van der Waals surface area contributed by atoms with E-state index in [0.717, 1.165) is 16.7 Å². The van der Waals surface area contributed by atoms with E-state index in [4.69, 9.17) is 10.3 Å². The maximum atomic E-state index is 6.07. The summed E-state index contributed by atoms with van der Waals surface area (Å²) < 4.78 is 5.35. The van der Waals surface area contributed by atoms with Crippen molar-refractivity contribution in [2.75, 3.05) is 12.0 Å². The molecule has 106 valence electrons. The van der Waals surface area contributed by atoms with Crippen molar-refractivity contribution in [1.82, 2.24) is 10.1 Å². The zero-order valence-electron chi connectivity index (χ0n) is 11.8. The van der Waals surface area contributed by atoms with E-state index in [9.17, 15) is 0 Å². The van der Waals surface area contributed by atoms with Gasteiger partial charge in [0.15, 0.2) is 0 Å². The highest BCUT2D eigenvalue weighted by atomic mass is 32.2. The average molecular weight is 297 g/mol. The lowest BCUT2D eigenvalue weighted by molar-refractivity contribution is 0.432. The van der Waals surface area contributed by atoms with Crippen molar-refractivity contribution in [3.8, 4) is 22.8 Å². The normalized spacial score (nSPS) is 10.8. The minimum atomic E-state index is 0.445. The van der Waals surface area contributed by atoms with Crippen molar-refractivity contribution in [3.63, 3.8) is 0 Å². The SMILES string of the molecule is CSc1ccc(-c2noc(-c3cccc(C)c3N)n2)cc1. The second kappa shape index (κ2) is 5.61. The Balaban J connectivity index is 1.97. The van der Waals surface area contributed by atoms with Crippen LogP contribution in [0.4, 0.5) is 5.69 Å². The van der Waals surface area contributed by atoms with Crippen molar-refractivity contribution >= 4 is 17.4 Å². The van der Waals surface area contributed by atoms with Crippen LogP contribution in [0.2, 0.25) is 0 Å². The number of nitrogens with two attached hydrogens (primary N) is 1. The van der Waals surface area contributed by atoms with Gasteiger partial charge in [-0.3, -0.25) is 0 Å². The Morgan fingerprint density at radius 1 is 1.10 bits per heavy atom. The predicted octanol–water partition coefficient (Wildman–Crippen LogP) is 4.02. The summed E-state index contributed by atoms with van der Waals surface area (Å²) in [4.78, 5) is 5.64. The molecule has 0 saturated carbocycles. The molecule has 0 aliphatic carbocycles. The summed E-state index contributed by atoms with van der Waals surface area (Å²) in [5.41, 5.74) is 9.44. The number of aryl methyl sites for hydroxylation is 1. The van der Waals surface area contributed by atoms with Crippen molar-refractivity contribution in [1.29, 1.82) is 0 Å². The second-order valence-corrected chi connectivity index (χ2v) is 5.57. The molecule has 5 heteroatoms. The molecule has 0 aliphatic rings. The summed E-state index contributed by atoms with van der Waals surface area (Å²) >= 11 is 1.70. The van der Waals surface area contributed by atoms with Crippen LogP contribution in [0, 0.1) is 6.92 Å². The van der Waals surface area contributed by atoms with Crippen molar-refractivity contribution in [2.24, 2.45) is 0 Å². The highest BCUT2D eigenvalue weighted by Crippen LogP contribution is 2.29. The van der Waals surface area contributed by atoms with Gasteiger partial charge in [0.05, 0.1) is 5.56 Å². The van der Waals surface area contributed by atoms with E-state index in [0.29, 0.717) is 17.4 Å². The minimum Gasteiger partial charge on any atom is -0.398 e. The van der Waals surface area contributed by atoms with E-state index < -0.39 is 0 Å². The fourth-order valence-electron chi connectivity index (χ4n) is 2.06. The number of aromatic nitrogens is 2. The van der Waals surface area contributed by atoms with Gasteiger partial charge in [-0.2, -0.15) is 4.98 Å². The molecule has 0 aliphatic heterocycles. The van der Waals surface area contributed by atoms with Crippen LogP contribution in [0.1, 0.15) is 5.56 Å². The maximum absolute atomic E-state index is 6.07. The summed E-state index contributed by atoms with van der Waals surface area (Å²) in [5, 5.41) is 4.04. The molecule has 3 rings (SSSR count). The molecule has 2 N–H and O–H groups in total. The van der Waals surface area contributed by atoms with Crippen LogP contribution in [-0.4, -0.2) is 16.4 Å². The van der Waals surface area contributed by atoms with E-state index in [-0.39, 0.29) is 0 Å². The first kappa shape index (κ1) is 13.7. The Morgan fingerprint density at radius 2 is 1.86 bits per heavy atom. The predicted molar refractivity (Wildman–Crippen MR) is 86.1 cm³/mol. The molecule has 21 heavy (non-hydrogen) atoms. The van der Waals surface area contributed by atoms with Gasteiger partial charge in [-0.1, -0.05) is 17.3 Å². The molecule has 0 fully saturated rings. The molecule has 0 saturated heterocycles. The Kier molecular flexibility index (Phi) is 3.66. The molecular formula is C16H15N3OS. The minimum absolute atomic E-state index is 0.445. The fourth-order valence-corrected chi connectivity index (χ4v) is 2.47. The monoisotopic (exact) mass is 297 g/mol. The lowest BCUT2D eigenvalue weighted by Gasteiger charge is -2.03. The van der Waals surface area contributed by atoms with E-state index in [1.807, 2.05) is 55.6 Å². The van der Waals surface area contributed by atoms with Gasteiger partial charge in [0, 0.05) is 16.1 Å². The number of anilines is 1. The Hall–Kier alpha value is -2.27. The van der Waals surface area contributed by atoms with Gasteiger partial charge in [0.1, 0.15) is 0 Å². The number of nitrogens with zero attached hydrogens (tertiary/aromatic N) is 2. The van der Waals surface area contributed by atoms with Crippen LogP contribution in [-0.2, 0) is 0 Å². The summed E-state index contributed by atoms with van der Waals surface area (Å²) in [6.45, 7) is 1.96. The third kappa shape index (κ3) is 2.64. The van der Waals surface area contributed by atoms with Gasteiger partial charge in [-0.05, 0) is 49.1 Å². The number of hydrogen-bond acceptors (Lipinski definition) is 5. The van der Waals surface area contributed by atoms with Crippen LogP contribution >= 0.6 is 11.8 Å². The molecule has 2 aromatic carbocycles. The van der Waals surface area contributed by atoms with Crippen LogP contribution in [0.15, 0.2) is 51.9 Å². The third-order valence-electron chi connectivity index (χ3n) is 3.33. The molecule has 0 bridgehead atoms. The highest BCUT2D eigenvalue weighted by Gasteiger charge is 2.13. The van der Waals surface area contributed by atoms with Crippen LogP contribution in [0.25, 0.3) is 22.8 Å². The largest absolute Gasteiger partial charge is 0.398 e. The molecule has 0 radical (unpaired) electrons. The van der Waals surface area contributed by atoms with Gasteiger partial charge in [0.25, 0.3) is 5.89 Å². The summed E-state index contributed by atoms with van der Waals surface area (Å²) in [6, 6.07) is 13.8. The van der Waals surface area contributed by atoms with Gasteiger partial charge in [-0.15, -0.1) is 11.8 Å².